The van der Waals surface area contributed by atoms with Gasteiger partial charge in [0.2, 0.25) is 0 Å². The number of ether oxygens (including phenoxy) is 1. The third-order valence-electron chi connectivity index (χ3n) is 7.05. The molecular formula is C33H31N3O5. The normalized spacial score (nSPS) is 14.5. The first kappa shape index (κ1) is 27.7. The maximum absolute atomic E-state index is 14.8. The number of fused-ring (bicyclic) bond motifs is 2. The Morgan fingerprint density at radius 3 is 2.15 bits per heavy atom. The molecule has 0 N–H and O–H groups in total. The molecule has 2 atom stereocenters. The number of pyridine rings is 1. The van der Waals surface area contributed by atoms with Crippen LogP contribution in [0.15, 0.2) is 85.1 Å². The van der Waals surface area contributed by atoms with Crippen molar-refractivity contribution in [1.29, 1.82) is 0 Å². The van der Waals surface area contributed by atoms with Crippen molar-refractivity contribution in [2.45, 2.75) is 52.2 Å². The molecule has 4 amide bonds. The molecule has 1 aromatic heterocycles. The Balaban J connectivity index is 1.71. The molecule has 0 spiro atoms. The number of carbonyl (C=O) groups is 4. The Bertz CT molecular complexity index is 1650. The summed E-state index contributed by atoms with van der Waals surface area (Å²) in [5.41, 5.74) is 1.77. The first-order chi connectivity index (χ1) is 19.5. The van der Waals surface area contributed by atoms with Crippen molar-refractivity contribution < 1.29 is 23.9 Å². The SMILES string of the molecule is Cc1cccc(C(C)C(C(=O)N(C(=O)OC(C)(C)C)c2cccc3cccnc23)N2C(=O)c3ccccc3C2=O)c1. The van der Waals surface area contributed by atoms with Gasteiger partial charge in [-0.25, -0.2) is 9.69 Å². The van der Waals surface area contributed by atoms with Gasteiger partial charge in [0.15, 0.2) is 0 Å². The summed E-state index contributed by atoms with van der Waals surface area (Å²) in [5, 5.41) is 0.704. The van der Waals surface area contributed by atoms with Gasteiger partial charge in [0, 0.05) is 17.5 Å². The molecule has 2 unspecified atom stereocenters. The molecule has 2 heterocycles. The van der Waals surface area contributed by atoms with Crippen LogP contribution in [0.25, 0.3) is 10.9 Å². The quantitative estimate of drug-likeness (QED) is 0.272. The largest absolute Gasteiger partial charge is 0.443 e. The van der Waals surface area contributed by atoms with Crippen molar-refractivity contribution in [3.8, 4) is 0 Å². The Morgan fingerprint density at radius 2 is 1.51 bits per heavy atom. The summed E-state index contributed by atoms with van der Waals surface area (Å²) in [5.74, 6) is -2.63. The fourth-order valence-electron chi connectivity index (χ4n) is 5.16. The van der Waals surface area contributed by atoms with Crippen LogP contribution in [-0.4, -0.2) is 45.3 Å². The Labute approximate surface area is 238 Å². The minimum Gasteiger partial charge on any atom is -0.443 e. The van der Waals surface area contributed by atoms with E-state index in [1.54, 1.807) is 76.4 Å². The summed E-state index contributed by atoms with van der Waals surface area (Å²) in [6.07, 6.45) is 0.638. The molecule has 41 heavy (non-hydrogen) atoms. The summed E-state index contributed by atoms with van der Waals surface area (Å²) in [6.45, 7) is 8.79. The fourth-order valence-corrected chi connectivity index (χ4v) is 5.16. The van der Waals surface area contributed by atoms with Gasteiger partial charge in [-0.15, -0.1) is 0 Å². The first-order valence-corrected chi connectivity index (χ1v) is 13.4. The molecular weight excluding hydrogens is 518 g/mol. The summed E-state index contributed by atoms with van der Waals surface area (Å²) in [7, 11) is 0. The van der Waals surface area contributed by atoms with Gasteiger partial charge in [-0.05, 0) is 57.5 Å². The average Bonchev–Trinajstić information content (AvgIpc) is 3.18. The van der Waals surface area contributed by atoms with Crippen molar-refractivity contribution in [2.24, 2.45) is 0 Å². The van der Waals surface area contributed by atoms with Gasteiger partial charge in [-0.1, -0.05) is 67.1 Å². The molecule has 1 aliphatic heterocycles. The van der Waals surface area contributed by atoms with E-state index in [9.17, 15) is 19.2 Å². The molecule has 3 aromatic carbocycles. The number of benzene rings is 3. The molecule has 5 rings (SSSR count). The molecule has 8 nitrogen and oxygen atoms in total. The van der Waals surface area contributed by atoms with E-state index in [0.29, 0.717) is 10.9 Å². The van der Waals surface area contributed by atoms with Gasteiger partial charge in [0.25, 0.3) is 17.7 Å². The van der Waals surface area contributed by atoms with Crippen LogP contribution in [0.5, 0.6) is 0 Å². The third-order valence-corrected chi connectivity index (χ3v) is 7.05. The van der Waals surface area contributed by atoms with Crippen LogP contribution in [0.4, 0.5) is 10.5 Å². The number of aryl methyl sites for hydroxylation is 1. The zero-order valence-corrected chi connectivity index (χ0v) is 23.6. The zero-order valence-electron chi connectivity index (χ0n) is 23.6. The molecule has 208 valence electrons. The number of nitrogens with zero attached hydrogens (tertiary/aromatic N) is 3. The van der Waals surface area contributed by atoms with Crippen molar-refractivity contribution in [2.75, 3.05) is 4.90 Å². The minimum atomic E-state index is -1.37. The van der Waals surface area contributed by atoms with E-state index in [1.807, 2.05) is 43.3 Å². The zero-order chi connectivity index (χ0) is 29.5. The number of anilines is 1. The van der Waals surface area contributed by atoms with E-state index in [4.69, 9.17) is 4.74 Å². The van der Waals surface area contributed by atoms with Crippen LogP contribution < -0.4 is 4.90 Å². The number of carbonyl (C=O) groups excluding carboxylic acids is 4. The van der Waals surface area contributed by atoms with Crippen LogP contribution in [0.3, 0.4) is 0 Å². The van der Waals surface area contributed by atoms with E-state index < -0.39 is 41.4 Å². The molecule has 0 radical (unpaired) electrons. The third kappa shape index (κ3) is 5.20. The van der Waals surface area contributed by atoms with Crippen LogP contribution in [0.2, 0.25) is 0 Å². The number of hydrogen-bond acceptors (Lipinski definition) is 6. The molecule has 0 aliphatic carbocycles. The van der Waals surface area contributed by atoms with Crippen LogP contribution >= 0.6 is 0 Å². The molecule has 1 aliphatic rings. The summed E-state index contributed by atoms with van der Waals surface area (Å²) in [4.78, 5) is 62.4. The minimum absolute atomic E-state index is 0.195. The van der Waals surface area contributed by atoms with Crippen LogP contribution in [-0.2, 0) is 9.53 Å². The average molecular weight is 550 g/mol. The fraction of sp³-hybridized carbons (Fsp3) is 0.242. The van der Waals surface area contributed by atoms with E-state index in [0.717, 1.165) is 20.9 Å². The monoisotopic (exact) mass is 549 g/mol. The van der Waals surface area contributed by atoms with E-state index in [1.165, 1.54) is 0 Å². The lowest BCUT2D eigenvalue weighted by Crippen LogP contribution is -2.55. The van der Waals surface area contributed by atoms with E-state index >= 15 is 0 Å². The number of imide groups is 2. The second-order valence-electron chi connectivity index (χ2n) is 11.2. The maximum atomic E-state index is 14.8. The molecule has 8 heteroatoms. The summed E-state index contributed by atoms with van der Waals surface area (Å²) >= 11 is 0. The highest BCUT2D eigenvalue weighted by molar-refractivity contribution is 6.25. The molecule has 4 aromatic rings. The highest BCUT2D eigenvalue weighted by Crippen LogP contribution is 2.35. The maximum Gasteiger partial charge on any atom is 0.421 e. The van der Waals surface area contributed by atoms with E-state index in [-0.39, 0.29) is 16.8 Å². The van der Waals surface area contributed by atoms with Gasteiger partial charge in [-0.2, -0.15) is 0 Å². The summed E-state index contributed by atoms with van der Waals surface area (Å²) < 4.78 is 5.71. The molecule has 0 fully saturated rings. The lowest BCUT2D eigenvalue weighted by Gasteiger charge is -2.35. The molecule has 0 bridgehead atoms. The highest BCUT2D eigenvalue weighted by Gasteiger charge is 2.48. The van der Waals surface area contributed by atoms with Gasteiger partial charge in [-0.3, -0.25) is 24.3 Å². The number of hydrogen-bond donors (Lipinski definition) is 0. The number of amides is 4. The van der Waals surface area contributed by atoms with Crippen LogP contribution in [0.1, 0.15) is 65.5 Å². The predicted molar refractivity (Wildman–Crippen MR) is 156 cm³/mol. The Kier molecular flexibility index (Phi) is 7.17. The molecule has 0 saturated heterocycles. The topological polar surface area (TPSA) is 96.9 Å². The van der Waals surface area contributed by atoms with Crippen molar-refractivity contribution >= 4 is 40.4 Å². The second-order valence-corrected chi connectivity index (χ2v) is 11.2. The van der Waals surface area contributed by atoms with E-state index in [2.05, 4.69) is 4.98 Å². The Morgan fingerprint density at radius 1 is 0.878 bits per heavy atom. The first-order valence-electron chi connectivity index (χ1n) is 13.4. The lowest BCUT2D eigenvalue weighted by molar-refractivity contribution is -0.122. The van der Waals surface area contributed by atoms with Crippen molar-refractivity contribution in [3.05, 3.63) is 107 Å². The van der Waals surface area contributed by atoms with Gasteiger partial charge < -0.3 is 4.74 Å². The number of aromatic nitrogens is 1. The van der Waals surface area contributed by atoms with Crippen LogP contribution in [0, 0.1) is 6.92 Å². The van der Waals surface area contributed by atoms with Gasteiger partial charge >= 0.3 is 6.09 Å². The standard InChI is InChI=1S/C33H31N3O5/c1-20-11-8-13-23(19-20)21(2)28(36-29(37)24-15-6-7-16-25(24)30(36)38)31(39)35(32(40)41-33(3,4)5)26-17-9-12-22-14-10-18-34-27(22)26/h6-19,21,28H,1-5H3. The highest BCUT2D eigenvalue weighted by atomic mass is 16.6. The number of rotatable bonds is 5. The Hall–Kier alpha value is -4.85. The lowest BCUT2D eigenvalue weighted by atomic mass is 9.90. The predicted octanol–water partition coefficient (Wildman–Crippen LogP) is 6.28. The second kappa shape index (κ2) is 10.6. The van der Waals surface area contributed by atoms with Crippen molar-refractivity contribution in [1.82, 2.24) is 9.88 Å². The summed E-state index contributed by atoms with van der Waals surface area (Å²) in [6, 6.07) is 21.3. The molecule has 0 saturated carbocycles. The van der Waals surface area contributed by atoms with Gasteiger partial charge in [0.1, 0.15) is 11.6 Å². The van der Waals surface area contributed by atoms with Gasteiger partial charge in [0.05, 0.1) is 22.3 Å². The smallest absolute Gasteiger partial charge is 0.421 e. The van der Waals surface area contributed by atoms with Crippen molar-refractivity contribution in [3.63, 3.8) is 0 Å². The number of para-hydroxylation sites is 1.